The number of hydrogen-bond acceptors (Lipinski definition) is 5. The molecule has 7 nitrogen and oxygen atoms in total. The Bertz CT molecular complexity index is 856. The molecule has 1 saturated heterocycles. The predicted molar refractivity (Wildman–Crippen MR) is 111 cm³/mol. The number of nitrogens with one attached hydrogen (secondary N) is 2. The van der Waals surface area contributed by atoms with E-state index in [1.54, 1.807) is 31.4 Å². The van der Waals surface area contributed by atoms with Crippen molar-refractivity contribution >= 4 is 17.7 Å². The highest BCUT2D eigenvalue weighted by molar-refractivity contribution is 5.89. The Labute approximate surface area is 170 Å². The summed E-state index contributed by atoms with van der Waals surface area (Å²) in [6, 6.07) is 10.6. The van der Waals surface area contributed by atoms with Crippen LogP contribution in [0.25, 0.3) is 0 Å². The van der Waals surface area contributed by atoms with Gasteiger partial charge in [-0.1, -0.05) is 12.1 Å². The Morgan fingerprint density at radius 3 is 2.83 bits per heavy atom. The number of aromatic nitrogens is 1. The van der Waals surface area contributed by atoms with Gasteiger partial charge in [0.1, 0.15) is 0 Å². The van der Waals surface area contributed by atoms with Crippen molar-refractivity contribution in [3.63, 3.8) is 0 Å². The molecule has 1 aromatic heterocycles. The number of ether oxygens (including phenoxy) is 1. The van der Waals surface area contributed by atoms with Crippen LogP contribution in [-0.2, 0) is 11.2 Å². The van der Waals surface area contributed by atoms with Gasteiger partial charge in [0.25, 0.3) is 0 Å². The molecule has 0 aliphatic carbocycles. The molecule has 8 heteroatoms. The van der Waals surface area contributed by atoms with Crippen molar-refractivity contribution in [1.82, 2.24) is 15.6 Å². The molecule has 0 saturated carbocycles. The normalized spacial score (nSPS) is 16.6. The molecule has 29 heavy (non-hydrogen) atoms. The maximum Gasteiger partial charge on any atom is 0.337 e. The Morgan fingerprint density at radius 1 is 1.34 bits per heavy atom. The average molecular weight is 399 g/mol. The van der Waals surface area contributed by atoms with Crippen molar-refractivity contribution < 1.29 is 13.9 Å². The summed E-state index contributed by atoms with van der Waals surface area (Å²) in [5, 5.41) is 6.69. The minimum atomic E-state index is -0.338. The van der Waals surface area contributed by atoms with Gasteiger partial charge in [-0.25, -0.2) is 14.2 Å². The molecular formula is C21H26FN5O2. The van der Waals surface area contributed by atoms with E-state index in [0.29, 0.717) is 30.4 Å². The van der Waals surface area contributed by atoms with E-state index >= 15 is 0 Å². The number of esters is 1. The molecule has 0 amide bonds. The summed E-state index contributed by atoms with van der Waals surface area (Å²) in [6.07, 6.45) is 3.28. The molecular weight excluding hydrogens is 373 g/mol. The fraction of sp³-hybridized carbons (Fsp3) is 0.381. The third kappa shape index (κ3) is 5.43. The summed E-state index contributed by atoms with van der Waals surface area (Å²) in [6.45, 7) is 2.11. The smallest absolute Gasteiger partial charge is 0.337 e. The van der Waals surface area contributed by atoms with Crippen LogP contribution in [0.4, 0.5) is 10.2 Å². The molecule has 1 aliphatic heterocycles. The second kappa shape index (κ2) is 9.86. The first-order valence-corrected chi connectivity index (χ1v) is 9.60. The predicted octanol–water partition coefficient (Wildman–Crippen LogP) is 1.99. The van der Waals surface area contributed by atoms with Gasteiger partial charge in [0.2, 0.25) is 0 Å². The quantitative estimate of drug-likeness (QED) is 0.439. The van der Waals surface area contributed by atoms with Crippen molar-refractivity contribution in [2.45, 2.75) is 18.9 Å². The SMILES string of the molecule is CN=C(NCCc1ccc(C(=O)OC)cc1)NC1CCN(c2ncccc2F)C1. The van der Waals surface area contributed by atoms with Crippen molar-refractivity contribution in [2.24, 2.45) is 4.99 Å². The number of carbonyl (C=O) groups excluding carboxylic acids is 1. The lowest BCUT2D eigenvalue weighted by molar-refractivity contribution is 0.0600. The summed E-state index contributed by atoms with van der Waals surface area (Å²) >= 11 is 0. The van der Waals surface area contributed by atoms with Gasteiger partial charge in [0.15, 0.2) is 17.6 Å². The van der Waals surface area contributed by atoms with Crippen LogP contribution in [0.15, 0.2) is 47.6 Å². The van der Waals surface area contributed by atoms with Crippen molar-refractivity contribution in [3.05, 3.63) is 59.5 Å². The number of anilines is 1. The fourth-order valence-electron chi connectivity index (χ4n) is 3.32. The van der Waals surface area contributed by atoms with Crippen molar-refractivity contribution in [2.75, 3.05) is 38.7 Å². The zero-order valence-corrected chi connectivity index (χ0v) is 16.7. The Balaban J connectivity index is 1.45. The topological polar surface area (TPSA) is 78.8 Å². The van der Waals surface area contributed by atoms with Gasteiger partial charge < -0.3 is 20.3 Å². The fourth-order valence-corrected chi connectivity index (χ4v) is 3.32. The summed E-state index contributed by atoms with van der Waals surface area (Å²) < 4.78 is 18.6. The van der Waals surface area contributed by atoms with E-state index in [-0.39, 0.29) is 17.8 Å². The van der Waals surface area contributed by atoms with Gasteiger partial charge in [0, 0.05) is 38.9 Å². The number of benzene rings is 1. The Kier molecular flexibility index (Phi) is 6.99. The monoisotopic (exact) mass is 399 g/mol. The third-order valence-electron chi connectivity index (χ3n) is 4.87. The van der Waals surface area contributed by atoms with Crippen LogP contribution in [0.1, 0.15) is 22.3 Å². The number of hydrogen-bond donors (Lipinski definition) is 2. The van der Waals surface area contributed by atoms with E-state index in [2.05, 4.69) is 20.6 Å². The standard InChI is InChI=1S/C21H26FN5O2/c1-23-21(25-12-9-15-5-7-16(8-6-15)20(28)29-2)26-17-10-13-27(14-17)19-18(22)4-3-11-24-19/h3-8,11,17H,9-10,12-14H2,1-2H3,(H2,23,25,26). The van der Waals surface area contributed by atoms with E-state index in [1.807, 2.05) is 17.0 Å². The molecule has 2 aromatic rings. The number of aliphatic imine (C=N–C) groups is 1. The molecule has 0 radical (unpaired) electrons. The van der Waals surface area contributed by atoms with Gasteiger partial charge in [0.05, 0.1) is 12.7 Å². The lowest BCUT2D eigenvalue weighted by atomic mass is 10.1. The first-order chi connectivity index (χ1) is 14.1. The minimum Gasteiger partial charge on any atom is -0.465 e. The highest BCUT2D eigenvalue weighted by atomic mass is 19.1. The number of guanidine groups is 1. The van der Waals surface area contributed by atoms with Crippen LogP contribution >= 0.6 is 0 Å². The second-order valence-corrected chi connectivity index (χ2v) is 6.82. The van der Waals surface area contributed by atoms with Gasteiger partial charge in [-0.2, -0.15) is 0 Å². The first-order valence-electron chi connectivity index (χ1n) is 9.60. The zero-order valence-electron chi connectivity index (χ0n) is 16.7. The first kappa shape index (κ1) is 20.6. The zero-order chi connectivity index (χ0) is 20.6. The highest BCUT2D eigenvalue weighted by Crippen LogP contribution is 2.20. The van der Waals surface area contributed by atoms with Gasteiger partial charge in [-0.05, 0) is 42.7 Å². The number of rotatable bonds is 6. The Hall–Kier alpha value is -3.16. The van der Waals surface area contributed by atoms with Crippen LogP contribution in [-0.4, -0.2) is 56.7 Å². The largest absolute Gasteiger partial charge is 0.465 e. The molecule has 0 spiro atoms. The van der Waals surface area contributed by atoms with Crippen LogP contribution in [0.2, 0.25) is 0 Å². The van der Waals surface area contributed by atoms with Crippen LogP contribution < -0.4 is 15.5 Å². The summed E-state index contributed by atoms with van der Waals surface area (Å²) in [7, 11) is 3.10. The molecule has 2 heterocycles. The molecule has 1 atom stereocenters. The van der Waals surface area contributed by atoms with E-state index in [9.17, 15) is 9.18 Å². The molecule has 2 N–H and O–H groups in total. The van der Waals surface area contributed by atoms with Crippen LogP contribution in [0.3, 0.4) is 0 Å². The van der Waals surface area contributed by atoms with E-state index in [0.717, 1.165) is 24.9 Å². The molecule has 3 rings (SSSR count). The maximum atomic E-state index is 13.9. The number of halogens is 1. The molecule has 1 aliphatic rings. The van der Waals surface area contributed by atoms with Gasteiger partial charge in [-0.15, -0.1) is 0 Å². The summed E-state index contributed by atoms with van der Waals surface area (Å²) in [5.74, 6) is 0.476. The van der Waals surface area contributed by atoms with E-state index in [4.69, 9.17) is 4.74 Å². The minimum absolute atomic E-state index is 0.168. The second-order valence-electron chi connectivity index (χ2n) is 6.82. The van der Waals surface area contributed by atoms with E-state index in [1.165, 1.54) is 13.2 Å². The third-order valence-corrected chi connectivity index (χ3v) is 4.87. The number of pyridine rings is 1. The van der Waals surface area contributed by atoms with Crippen LogP contribution in [0.5, 0.6) is 0 Å². The summed E-state index contributed by atoms with van der Waals surface area (Å²) in [5.41, 5.74) is 1.65. The molecule has 1 unspecified atom stereocenters. The number of carbonyl (C=O) groups is 1. The lowest BCUT2D eigenvalue weighted by Crippen LogP contribution is -2.45. The molecule has 0 bridgehead atoms. The number of methoxy groups -OCH3 is 1. The molecule has 154 valence electrons. The Morgan fingerprint density at radius 2 is 2.14 bits per heavy atom. The summed E-state index contributed by atoms with van der Waals surface area (Å²) in [4.78, 5) is 21.8. The number of nitrogens with zero attached hydrogens (tertiary/aromatic N) is 3. The van der Waals surface area contributed by atoms with Crippen LogP contribution in [0, 0.1) is 5.82 Å². The van der Waals surface area contributed by atoms with E-state index < -0.39 is 0 Å². The van der Waals surface area contributed by atoms with Gasteiger partial charge in [-0.3, -0.25) is 4.99 Å². The molecule has 1 fully saturated rings. The van der Waals surface area contributed by atoms with Crippen molar-refractivity contribution in [3.8, 4) is 0 Å². The highest BCUT2D eigenvalue weighted by Gasteiger charge is 2.25. The average Bonchev–Trinajstić information content (AvgIpc) is 3.21. The van der Waals surface area contributed by atoms with Crippen molar-refractivity contribution in [1.29, 1.82) is 0 Å². The lowest BCUT2D eigenvalue weighted by Gasteiger charge is -2.20. The maximum absolute atomic E-state index is 13.9. The van der Waals surface area contributed by atoms with Gasteiger partial charge >= 0.3 is 5.97 Å². The molecule has 1 aromatic carbocycles.